The molecule has 0 aliphatic carbocycles. The van der Waals surface area contributed by atoms with Gasteiger partial charge in [0.25, 0.3) is 0 Å². The van der Waals surface area contributed by atoms with Crippen molar-refractivity contribution in [2.75, 3.05) is 0 Å². The lowest BCUT2D eigenvalue weighted by molar-refractivity contribution is 0.606. The third kappa shape index (κ3) is 4.59. The monoisotopic (exact) mass is 364 g/mol. The van der Waals surface area contributed by atoms with Gasteiger partial charge in [0.1, 0.15) is 11.1 Å². The predicted molar refractivity (Wildman–Crippen MR) is 93.7 cm³/mol. The summed E-state index contributed by atoms with van der Waals surface area (Å²) in [7, 11) is -7.53. The summed E-state index contributed by atoms with van der Waals surface area (Å²) in [5, 5.41) is 6.69. The second-order valence-electron chi connectivity index (χ2n) is 5.16. The second kappa shape index (κ2) is 7.06. The number of benzene rings is 2. The van der Waals surface area contributed by atoms with Crippen molar-refractivity contribution in [3.05, 3.63) is 59.7 Å². The molecule has 0 aromatic heterocycles. The Morgan fingerprint density at radius 3 is 1.21 bits per heavy atom. The maximum absolute atomic E-state index is 12.0. The molecular weight excluding hydrogens is 348 g/mol. The molecule has 24 heavy (non-hydrogen) atoms. The van der Waals surface area contributed by atoms with Crippen molar-refractivity contribution in [3.63, 3.8) is 0 Å². The van der Waals surface area contributed by atoms with Crippen LogP contribution in [0.1, 0.15) is 11.1 Å². The Morgan fingerprint density at radius 2 is 0.917 bits per heavy atom. The van der Waals surface area contributed by atoms with Gasteiger partial charge in [-0.3, -0.25) is 0 Å². The molecule has 0 bridgehead atoms. The van der Waals surface area contributed by atoms with Crippen LogP contribution in [0, 0.1) is 13.8 Å². The quantitative estimate of drug-likeness (QED) is 0.463. The van der Waals surface area contributed by atoms with Crippen molar-refractivity contribution in [3.8, 4) is 0 Å². The van der Waals surface area contributed by atoms with Crippen LogP contribution < -0.4 is 0 Å². The van der Waals surface area contributed by atoms with E-state index in [-0.39, 0.29) is 9.79 Å². The van der Waals surface area contributed by atoms with Gasteiger partial charge < -0.3 is 0 Å². The summed E-state index contributed by atoms with van der Waals surface area (Å²) in [6.45, 7) is 3.68. The van der Waals surface area contributed by atoms with Crippen molar-refractivity contribution < 1.29 is 16.8 Å². The average Bonchev–Trinajstić information content (AvgIpc) is 2.52. The molecular formula is C16H16N2O4S2. The van der Waals surface area contributed by atoms with Crippen molar-refractivity contribution in [1.29, 1.82) is 0 Å². The maximum atomic E-state index is 12.0. The van der Waals surface area contributed by atoms with E-state index in [1.165, 1.54) is 24.3 Å². The number of rotatable bonds is 5. The molecule has 8 heteroatoms. The highest BCUT2D eigenvalue weighted by molar-refractivity contribution is 8.05. The Balaban J connectivity index is 2.16. The van der Waals surface area contributed by atoms with Crippen LogP contribution in [-0.4, -0.2) is 27.9 Å². The number of hydrogen-bond acceptors (Lipinski definition) is 6. The number of hydrogen-bond donors (Lipinski definition) is 0. The zero-order valence-electron chi connectivity index (χ0n) is 13.1. The molecule has 0 amide bonds. The highest BCUT2D eigenvalue weighted by atomic mass is 32.2. The van der Waals surface area contributed by atoms with Gasteiger partial charge in [0.2, 0.25) is 19.7 Å². The summed E-state index contributed by atoms with van der Waals surface area (Å²) in [5.41, 5.74) is 3.10. The molecule has 0 saturated heterocycles. The van der Waals surface area contributed by atoms with Crippen LogP contribution in [0.2, 0.25) is 0 Å². The number of aryl methyl sites for hydroxylation is 2. The van der Waals surface area contributed by atoms with Gasteiger partial charge in [0, 0.05) is 0 Å². The van der Waals surface area contributed by atoms with Gasteiger partial charge in [0.15, 0.2) is 0 Å². The van der Waals surface area contributed by atoms with Gasteiger partial charge in [-0.05, 0) is 38.1 Å². The molecule has 2 aromatic rings. The van der Waals surface area contributed by atoms with Gasteiger partial charge in [-0.2, -0.15) is 0 Å². The van der Waals surface area contributed by atoms with E-state index < -0.39 is 19.7 Å². The Labute approximate surface area is 141 Å². The van der Waals surface area contributed by atoms with Crippen molar-refractivity contribution in [2.24, 2.45) is 10.2 Å². The van der Waals surface area contributed by atoms with E-state index in [9.17, 15) is 16.8 Å². The third-order valence-corrected chi connectivity index (χ3v) is 5.74. The minimum Gasteiger partial charge on any atom is -0.217 e. The molecule has 0 unspecified atom stereocenters. The Hall–Kier alpha value is -2.32. The van der Waals surface area contributed by atoms with E-state index >= 15 is 0 Å². The molecule has 0 fully saturated rings. The van der Waals surface area contributed by atoms with Crippen LogP contribution in [0.15, 0.2) is 68.5 Å². The van der Waals surface area contributed by atoms with E-state index in [0.717, 1.165) is 11.1 Å². The van der Waals surface area contributed by atoms with Crippen molar-refractivity contribution in [2.45, 2.75) is 23.6 Å². The lowest BCUT2D eigenvalue weighted by Gasteiger charge is -1.99. The first-order chi connectivity index (χ1) is 11.2. The summed E-state index contributed by atoms with van der Waals surface area (Å²) < 4.78 is 48.0. The normalized spacial score (nSPS) is 12.9. The Bertz CT molecular complexity index is 890. The van der Waals surface area contributed by atoms with E-state index in [4.69, 9.17) is 0 Å². The standard InChI is InChI=1S/C16H16N2O4S2/c1-13-3-7-15(8-4-13)23(19,20)11-17-18-12-24(21,22)16-9-5-14(2)6-10-16/h3-12H,1-2H3. The molecule has 0 radical (unpaired) electrons. The molecule has 6 nitrogen and oxygen atoms in total. The highest BCUT2D eigenvalue weighted by Gasteiger charge is 2.12. The van der Waals surface area contributed by atoms with Gasteiger partial charge in [0.05, 0.1) is 9.79 Å². The highest BCUT2D eigenvalue weighted by Crippen LogP contribution is 2.11. The first kappa shape index (κ1) is 18.0. The fourth-order valence-corrected chi connectivity index (χ4v) is 3.39. The van der Waals surface area contributed by atoms with Crippen LogP contribution in [-0.2, 0) is 19.7 Å². The SMILES string of the molecule is Cc1ccc(S(=O)(=O)C=NN=CS(=O)(=O)c2ccc(C)cc2)cc1. The molecule has 0 atom stereocenters. The zero-order valence-corrected chi connectivity index (χ0v) is 14.8. The molecule has 0 heterocycles. The largest absolute Gasteiger partial charge is 0.218 e. The summed E-state index contributed by atoms with van der Waals surface area (Å²) >= 11 is 0. The average molecular weight is 364 g/mol. The molecule has 2 rings (SSSR count). The topological polar surface area (TPSA) is 93.0 Å². The number of sulfone groups is 2. The van der Waals surface area contributed by atoms with Gasteiger partial charge >= 0.3 is 0 Å². The van der Waals surface area contributed by atoms with Crippen LogP contribution in [0.3, 0.4) is 0 Å². The molecule has 2 aromatic carbocycles. The van der Waals surface area contributed by atoms with Gasteiger partial charge in [-0.25, -0.2) is 16.8 Å². The lowest BCUT2D eigenvalue weighted by Crippen LogP contribution is -2.03. The lowest BCUT2D eigenvalue weighted by atomic mass is 10.2. The van der Waals surface area contributed by atoms with Gasteiger partial charge in [-0.15, -0.1) is 10.2 Å². The number of nitrogens with zero attached hydrogens (tertiary/aromatic N) is 2. The molecule has 0 spiro atoms. The molecule has 0 aliphatic rings. The second-order valence-corrected chi connectivity index (χ2v) is 8.70. The fourth-order valence-electron chi connectivity index (χ4n) is 1.76. The van der Waals surface area contributed by atoms with E-state index in [0.29, 0.717) is 11.1 Å². The smallest absolute Gasteiger partial charge is 0.217 e. The maximum Gasteiger partial charge on any atom is 0.218 e. The van der Waals surface area contributed by atoms with E-state index in [1.54, 1.807) is 24.3 Å². The molecule has 0 saturated carbocycles. The zero-order chi connectivity index (χ0) is 17.8. The van der Waals surface area contributed by atoms with Crippen molar-refractivity contribution in [1.82, 2.24) is 0 Å². The molecule has 0 N–H and O–H groups in total. The summed E-state index contributed by atoms with van der Waals surface area (Å²) in [6, 6.07) is 12.4. The predicted octanol–water partition coefficient (Wildman–Crippen LogP) is 2.52. The Kier molecular flexibility index (Phi) is 5.30. The minimum absolute atomic E-state index is 0.0634. The molecule has 126 valence electrons. The minimum atomic E-state index is -3.77. The molecule has 0 aliphatic heterocycles. The van der Waals surface area contributed by atoms with Crippen molar-refractivity contribution >= 4 is 30.8 Å². The van der Waals surface area contributed by atoms with Gasteiger partial charge in [-0.1, -0.05) is 35.4 Å². The van der Waals surface area contributed by atoms with E-state index in [2.05, 4.69) is 10.2 Å². The third-order valence-electron chi connectivity index (χ3n) is 3.14. The summed E-state index contributed by atoms with van der Waals surface area (Å²) in [5.74, 6) is 0. The van der Waals surface area contributed by atoms with Crippen LogP contribution in [0.4, 0.5) is 0 Å². The Morgan fingerprint density at radius 1 is 0.625 bits per heavy atom. The van der Waals surface area contributed by atoms with E-state index in [1.807, 2.05) is 13.8 Å². The van der Waals surface area contributed by atoms with Crippen LogP contribution in [0.5, 0.6) is 0 Å². The fraction of sp³-hybridized carbons (Fsp3) is 0.125. The summed E-state index contributed by atoms with van der Waals surface area (Å²) in [4.78, 5) is 0.127. The van der Waals surface area contributed by atoms with Crippen LogP contribution >= 0.6 is 0 Å². The first-order valence-corrected chi connectivity index (χ1v) is 10.00. The first-order valence-electron chi connectivity index (χ1n) is 6.91. The summed E-state index contributed by atoms with van der Waals surface area (Å²) in [6.07, 6.45) is 0. The van der Waals surface area contributed by atoms with Crippen LogP contribution in [0.25, 0.3) is 0 Å².